The van der Waals surface area contributed by atoms with Crippen LogP contribution >= 0.6 is 35.1 Å². The fourth-order valence-electron chi connectivity index (χ4n) is 2.68. The van der Waals surface area contributed by atoms with E-state index in [1.54, 1.807) is 0 Å². The van der Waals surface area contributed by atoms with Gasteiger partial charge in [-0.15, -0.1) is 0 Å². The molecule has 1 aliphatic rings. The van der Waals surface area contributed by atoms with Crippen molar-refractivity contribution in [3.63, 3.8) is 0 Å². The first-order chi connectivity index (χ1) is 10.2. The number of aromatic nitrogens is 2. The third-order valence-electron chi connectivity index (χ3n) is 3.81. The van der Waals surface area contributed by atoms with Gasteiger partial charge in [0, 0.05) is 41.5 Å². The molecule has 0 spiro atoms. The highest BCUT2D eigenvalue weighted by molar-refractivity contribution is 8.06. The van der Waals surface area contributed by atoms with E-state index in [0.29, 0.717) is 11.3 Å². The molecule has 3 nitrogen and oxygen atoms in total. The van der Waals surface area contributed by atoms with Crippen LogP contribution in [0.25, 0.3) is 0 Å². The Kier molecular flexibility index (Phi) is 7.26. The van der Waals surface area contributed by atoms with Crippen LogP contribution in [0.1, 0.15) is 31.7 Å². The van der Waals surface area contributed by atoms with E-state index in [0.717, 1.165) is 30.2 Å². The standard InChI is InChI=1S/C15H26ClN3S2/c1-4-6-17-12(14-10-20-7-8-21-14)9-13-15(16)11(3)18-19(13)5-2/h12,14,17H,4-10H2,1-3H3. The highest BCUT2D eigenvalue weighted by atomic mass is 35.5. The van der Waals surface area contributed by atoms with Gasteiger partial charge in [-0.1, -0.05) is 18.5 Å². The number of nitrogens with one attached hydrogen (secondary N) is 1. The van der Waals surface area contributed by atoms with Gasteiger partial charge < -0.3 is 5.32 Å². The molecule has 1 aliphatic heterocycles. The second-order valence-electron chi connectivity index (χ2n) is 5.41. The van der Waals surface area contributed by atoms with Crippen molar-refractivity contribution in [3.05, 3.63) is 16.4 Å². The molecule has 0 radical (unpaired) electrons. The lowest BCUT2D eigenvalue weighted by Crippen LogP contribution is -2.43. The number of thioether (sulfide) groups is 2. The molecule has 1 N–H and O–H groups in total. The van der Waals surface area contributed by atoms with Gasteiger partial charge in [0.1, 0.15) is 0 Å². The second-order valence-corrected chi connectivity index (χ2v) is 8.29. The first-order valence-corrected chi connectivity index (χ1v) is 10.4. The highest BCUT2D eigenvalue weighted by Crippen LogP contribution is 2.30. The zero-order valence-corrected chi connectivity index (χ0v) is 15.6. The number of nitrogens with zero attached hydrogens (tertiary/aromatic N) is 2. The Hall–Kier alpha value is 0.160. The first-order valence-electron chi connectivity index (χ1n) is 7.81. The van der Waals surface area contributed by atoms with Gasteiger partial charge in [-0.2, -0.15) is 28.6 Å². The normalized spacial score (nSPS) is 20.7. The van der Waals surface area contributed by atoms with Crippen LogP contribution in [-0.2, 0) is 13.0 Å². The summed E-state index contributed by atoms with van der Waals surface area (Å²) in [6, 6.07) is 0.488. The van der Waals surface area contributed by atoms with Crippen LogP contribution < -0.4 is 5.32 Å². The van der Waals surface area contributed by atoms with E-state index >= 15 is 0 Å². The Labute approximate surface area is 142 Å². The van der Waals surface area contributed by atoms with Gasteiger partial charge in [-0.3, -0.25) is 4.68 Å². The molecule has 2 heterocycles. The Balaban J connectivity index is 2.13. The zero-order valence-electron chi connectivity index (χ0n) is 13.2. The average Bonchev–Trinajstić information content (AvgIpc) is 2.79. The van der Waals surface area contributed by atoms with E-state index in [4.69, 9.17) is 11.6 Å². The molecule has 1 aromatic rings. The van der Waals surface area contributed by atoms with Crippen molar-refractivity contribution >= 4 is 35.1 Å². The van der Waals surface area contributed by atoms with Crippen LogP contribution in [-0.4, -0.2) is 44.9 Å². The van der Waals surface area contributed by atoms with Crippen LogP contribution in [0, 0.1) is 6.92 Å². The molecule has 0 saturated carbocycles. The summed E-state index contributed by atoms with van der Waals surface area (Å²) in [5, 5.41) is 9.82. The minimum absolute atomic E-state index is 0.488. The van der Waals surface area contributed by atoms with Crippen LogP contribution in [0.15, 0.2) is 0 Å². The fraction of sp³-hybridized carbons (Fsp3) is 0.800. The molecule has 21 heavy (non-hydrogen) atoms. The van der Waals surface area contributed by atoms with Crippen molar-refractivity contribution in [2.75, 3.05) is 23.8 Å². The molecule has 2 rings (SSSR count). The van der Waals surface area contributed by atoms with Gasteiger partial charge in [0.2, 0.25) is 0 Å². The third-order valence-corrected chi connectivity index (χ3v) is 7.22. The van der Waals surface area contributed by atoms with Gasteiger partial charge in [-0.25, -0.2) is 0 Å². The average molecular weight is 348 g/mol. The predicted molar refractivity (Wildman–Crippen MR) is 97.0 cm³/mol. The van der Waals surface area contributed by atoms with Crippen LogP contribution in [0.5, 0.6) is 0 Å². The number of hydrogen-bond donors (Lipinski definition) is 1. The topological polar surface area (TPSA) is 29.9 Å². The monoisotopic (exact) mass is 347 g/mol. The lowest BCUT2D eigenvalue weighted by atomic mass is 10.1. The van der Waals surface area contributed by atoms with E-state index < -0.39 is 0 Å². The van der Waals surface area contributed by atoms with Gasteiger partial charge in [0.05, 0.1) is 16.4 Å². The molecule has 0 aromatic carbocycles. The molecule has 0 aliphatic carbocycles. The van der Waals surface area contributed by atoms with Crippen molar-refractivity contribution < 1.29 is 0 Å². The van der Waals surface area contributed by atoms with E-state index in [1.165, 1.54) is 29.4 Å². The lowest BCUT2D eigenvalue weighted by molar-refractivity contribution is 0.484. The molecule has 0 amide bonds. The molecule has 0 bridgehead atoms. The van der Waals surface area contributed by atoms with Gasteiger partial charge >= 0.3 is 0 Å². The van der Waals surface area contributed by atoms with Crippen LogP contribution in [0.2, 0.25) is 5.02 Å². The Morgan fingerprint density at radius 3 is 2.86 bits per heavy atom. The zero-order chi connectivity index (χ0) is 15.2. The van der Waals surface area contributed by atoms with Gasteiger partial charge in [0.25, 0.3) is 0 Å². The summed E-state index contributed by atoms with van der Waals surface area (Å²) in [5.74, 6) is 3.79. The van der Waals surface area contributed by atoms with Crippen LogP contribution in [0.3, 0.4) is 0 Å². The van der Waals surface area contributed by atoms with E-state index in [1.807, 2.05) is 6.92 Å². The quantitative estimate of drug-likeness (QED) is 0.815. The Bertz CT molecular complexity index is 444. The number of rotatable bonds is 7. The summed E-state index contributed by atoms with van der Waals surface area (Å²) < 4.78 is 2.07. The molecular weight excluding hydrogens is 322 g/mol. The minimum atomic E-state index is 0.488. The van der Waals surface area contributed by atoms with E-state index in [9.17, 15) is 0 Å². The van der Waals surface area contributed by atoms with Crippen molar-refractivity contribution in [1.29, 1.82) is 0 Å². The summed E-state index contributed by atoms with van der Waals surface area (Å²) in [6.07, 6.45) is 2.15. The second kappa shape index (κ2) is 8.70. The SMILES string of the molecule is CCCNC(Cc1c(Cl)c(C)nn1CC)C1CSCCS1. The maximum atomic E-state index is 6.49. The summed E-state index contributed by atoms with van der Waals surface area (Å²) in [5.41, 5.74) is 2.15. The van der Waals surface area contributed by atoms with Crippen molar-refractivity contribution in [1.82, 2.24) is 15.1 Å². The maximum Gasteiger partial charge on any atom is 0.0847 e. The van der Waals surface area contributed by atoms with Crippen molar-refractivity contribution in [2.24, 2.45) is 0 Å². The minimum Gasteiger partial charge on any atom is -0.312 e. The highest BCUT2D eigenvalue weighted by Gasteiger charge is 2.27. The molecule has 120 valence electrons. The molecule has 6 heteroatoms. The summed E-state index contributed by atoms with van der Waals surface area (Å²) in [4.78, 5) is 0. The molecule has 1 fully saturated rings. The first kappa shape index (κ1) is 17.5. The fourth-order valence-corrected chi connectivity index (χ4v) is 5.78. The van der Waals surface area contributed by atoms with Crippen molar-refractivity contribution in [3.8, 4) is 0 Å². The maximum absolute atomic E-state index is 6.49. The summed E-state index contributed by atoms with van der Waals surface area (Å²) in [6.45, 7) is 8.31. The Morgan fingerprint density at radius 2 is 2.24 bits per heavy atom. The number of aryl methyl sites for hydroxylation is 2. The summed E-state index contributed by atoms with van der Waals surface area (Å²) >= 11 is 10.7. The molecule has 2 unspecified atom stereocenters. The predicted octanol–water partition coefficient (Wildman–Crippen LogP) is 3.62. The number of halogens is 1. The van der Waals surface area contributed by atoms with E-state index in [2.05, 4.69) is 52.5 Å². The van der Waals surface area contributed by atoms with Gasteiger partial charge in [-0.05, 0) is 26.8 Å². The molecular formula is C15H26ClN3S2. The smallest absolute Gasteiger partial charge is 0.0847 e. The van der Waals surface area contributed by atoms with E-state index in [-0.39, 0.29) is 0 Å². The van der Waals surface area contributed by atoms with Gasteiger partial charge in [0.15, 0.2) is 0 Å². The van der Waals surface area contributed by atoms with Crippen LogP contribution in [0.4, 0.5) is 0 Å². The number of hydrogen-bond acceptors (Lipinski definition) is 4. The third kappa shape index (κ3) is 4.57. The lowest BCUT2D eigenvalue weighted by Gasteiger charge is -2.30. The summed E-state index contributed by atoms with van der Waals surface area (Å²) in [7, 11) is 0. The largest absolute Gasteiger partial charge is 0.312 e. The molecule has 1 saturated heterocycles. The molecule has 2 atom stereocenters. The van der Waals surface area contributed by atoms with Crippen molar-refractivity contribution in [2.45, 2.75) is 51.4 Å². The Morgan fingerprint density at radius 1 is 1.43 bits per heavy atom. The molecule has 1 aromatic heterocycles.